The van der Waals surface area contributed by atoms with Gasteiger partial charge in [0.25, 0.3) is 5.69 Å². The summed E-state index contributed by atoms with van der Waals surface area (Å²) in [5, 5.41) is 19.3. The first-order valence-electron chi connectivity index (χ1n) is 4.69. The van der Waals surface area contributed by atoms with Gasteiger partial charge in [-0.15, -0.1) is 0 Å². The molecule has 18 heavy (non-hydrogen) atoms. The Bertz CT molecular complexity index is 515. The number of carboxylic acid groups (broad SMARTS) is 1. The number of halogens is 1. The molecule has 0 spiro atoms. The molecule has 0 aliphatic carbocycles. The highest BCUT2D eigenvalue weighted by atomic mass is 127. The maximum Gasteiger partial charge on any atom is 0.344 e. The number of carbonyl (C=O) groups is 2. The summed E-state index contributed by atoms with van der Waals surface area (Å²) in [6, 6.07) is 2.25. The van der Waals surface area contributed by atoms with Crippen LogP contribution in [0.3, 0.4) is 0 Å². The number of hydrogen-bond acceptors (Lipinski definition) is 5. The molecule has 0 aliphatic rings. The third-order valence-electron chi connectivity index (χ3n) is 2.04. The van der Waals surface area contributed by atoms with Gasteiger partial charge in [0.05, 0.1) is 14.1 Å². The first-order valence-corrected chi connectivity index (χ1v) is 5.77. The van der Waals surface area contributed by atoms with E-state index in [0.29, 0.717) is 9.86 Å². The average molecular weight is 365 g/mol. The van der Waals surface area contributed by atoms with Crippen LogP contribution in [0.1, 0.15) is 17.3 Å². The van der Waals surface area contributed by atoms with Crippen molar-refractivity contribution in [3.63, 3.8) is 0 Å². The van der Waals surface area contributed by atoms with E-state index < -0.39 is 17.0 Å². The van der Waals surface area contributed by atoms with Crippen LogP contribution in [0.15, 0.2) is 12.1 Å². The van der Waals surface area contributed by atoms with Gasteiger partial charge >= 0.3 is 5.97 Å². The fourth-order valence-electron chi connectivity index (χ4n) is 1.14. The lowest BCUT2D eigenvalue weighted by atomic mass is 10.2. The third-order valence-corrected chi connectivity index (χ3v) is 2.84. The molecule has 8 heteroatoms. The largest absolute Gasteiger partial charge is 0.479 e. The van der Waals surface area contributed by atoms with Gasteiger partial charge in [0.15, 0.2) is 12.4 Å². The second-order valence-electron chi connectivity index (χ2n) is 3.32. The van der Waals surface area contributed by atoms with Gasteiger partial charge in [0, 0.05) is 12.1 Å². The van der Waals surface area contributed by atoms with Crippen molar-refractivity contribution < 1.29 is 24.4 Å². The lowest BCUT2D eigenvalue weighted by Gasteiger charge is -2.13. The van der Waals surface area contributed by atoms with Gasteiger partial charge in [-0.3, -0.25) is 14.9 Å². The number of non-ortho nitro benzene ring substituents is 1. The zero-order valence-corrected chi connectivity index (χ0v) is 11.3. The van der Waals surface area contributed by atoms with Crippen molar-refractivity contribution in [2.24, 2.45) is 0 Å². The molecule has 0 radical (unpaired) electrons. The van der Waals surface area contributed by atoms with Crippen LogP contribution in [0.5, 0.6) is 5.75 Å². The van der Waals surface area contributed by atoms with E-state index in [1.54, 1.807) is 22.6 Å². The normalized spacial score (nSPS) is 11.7. The molecule has 1 aromatic carbocycles. The minimum Gasteiger partial charge on any atom is -0.479 e. The summed E-state index contributed by atoms with van der Waals surface area (Å²) < 4.78 is 5.41. The smallest absolute Gasteiger partial charge is 0.344 e. The van der Waals surface area contributed by atoms with Gasteiger partial charge < -0.3 is 9.84 Å². The van der Waals surface area contributed by atoms with Gasteiger partial charge in [-0.25, -0.2) is 4.79 Å². The van der Waals surface area contributed by atoms with Crippen molar-refractivity contribution in [3.8, 4) is 5.75 Å². The predicted molar refractivity (Wildman–Crippen MR) is 68.9 cm³/mol. The molecule has 1 aromatic rings. The van der Waals surface area contributed by atoms with E-state index >= 15 is 0 Å². The number of nitrogens with zero attached hydrogens (tertiary/aromatic N) is 1. The predicted octanol–water partition coefficient (Wildman–Crippen LogP) is 1.86. The fourth-order valence-corrected chi connectivity index (χ4v) is 1.90. The number of benzene rings is 1. The van der Waals surface area contributed by atoms with Crippen LogP contribution >= 0.6 is 22.6 Å². The van der Waals surface area contributed by atoms with Crippen molar-refractivity contribution in [3.05, 3.63) is 31.4 Å². The number of aliphatic carboxylic acids is 1. The van der Waals surface area contributed by atoms with E-state index in [0.717, 1.165) is 6.07 Å². The topological polar surface area (TPSA) is 107 Å². The monoisotopic (exact) mass is 365 g/mol. The Morgan fingerprint density at radius 3 is 2.67 bits per heavy atom. The van der Waals surface area contributed by atoms with Crippen molar-refractivity contribution in [1.29, 1.82) is 0 Å². The molecule has 1 atom stereocenters. The zero-order valence-electron chi connectivity index (χ0n) is 9.12. The van der Waals surface area contributed by atoms with Gasteiger partial charge in [0.2, 0.25) is 0 Å². The first kappa shape index (κ1) is 14.4. The number of carboxylic acids is 1. The maximum absolute atomic E-state index is 10.9. The van der Waals surface area contributed by atoms with E-state index in [4.69, 9.17) is 9.84 Å². The van der Waals surface area contributed by atoms with E-state index in [-0.39, 0.29) is 17.0 Å². The van der Waals surface area contributed by atoms with Crippen LogP contribution in [0, 0.1) is 13.7 Å². The molecule has 0 fully saturated rings. The van der Waals surface area contributed by atoms with Gasteiger partial charge in [-0.2, -0.15) is 0 Å². The minimum absolute atomic E-state index is 0.0334. The quantitative estimate of drug-likeness (QED) is 0.370. The highest BCUT2D eigenvalue weighted by Gasteiger charge is 2.20. The van der Waals surface area contributed by atoms with Crippen LogP contribution in [-0.2, 0) is 4.79 Å². The molecular formula is C10H8INO6. The molecule has 0 aliphatic heterocycles. The first-order chi connectivity index (χ1) is 8.36. The van der Waals surface area contributed by atoms with Crippen molar-refractivity contribution in [2.75, 3.05) is 0 Å². The number of nitro groups is 1. The standard InChI is InChI=1S/C10H8INO6/c1-5(10(14)15)18-9-6(4-13)2-7(12(16)17)3-8(9)11/h2-5H,1H3,(H,14,15). The van der Waals surface area contributed by atoms with Crippen LogP contribution < -0.4 is 4.74 Å². The molecule has 0 saturated carbocycles. The minimum atomic E-state index is -1.19. The molecule has 0 saturated heterocycles. The maximum atomic E-state index is 10.9. The zero-order chi connectivity index (χ0) is 13.9. The molecule has 0 aromatic heterocycles. The number of carbonyl (C=O) groups excluding carboxylic acids is 1. The lowest BCUT2D eigenvalue weighted by molar-refractivity contribution is -0.385. The second kappa shape index (κ2) is 5.76. The van der Waals surface area contributed by atoms with Crippen molar-refractivity contribution in [1.82, 2.24) is 0 Å². The van der Waals surface area contributed by atoms with E-state index in [2.05, 4.69) is 0 Å². The van der Waals surface area contributed by atoms with Gasteiger partial charge in [-0.1, -0.05) is 0 Å². The Labute approximate surface area is 115 Å². The Morgan fingerprint density at radius 2 is 2.22 bits per heavy atom. The number of hydrogen-bond donors (Lipinski definition) is 1. The van der Waals surface area contributed by atoms with E-state index in [9.17, 15) is 19.7 Å². The molecule has 1 rings (SSSR count). The Kier molecular flexibility index (Phi) is 4.59. The number of rotatable bonds is 5. The molecular weight excluding hydrogens is 357 g/mol. The highest BCUT2D eigenvalue weighted by Crippen LogP contribution is 2.30. The Hall–Kier alpha value is -1.71. The summed E-state index contributed by atoms with van der Waals surface area (Å²) in [5.41, 5.74) is -0.307. The van der Waals surface area contributed by atoms with Crippen LogP contribution in [0.2, 0.25) is 0 Å². The Balaban J connectivity index is 3.23. The summed E-state index contributed by atoms with van der Waals surface area (Å²) in [6.45, 7) is 1.30. The highest BCUT2D eigenvalue weighted by molar-refractivity contribution is 14.1. The summed E-state index contributed by atoms with van der Waals surface area (Å²) in [6.07, 6.45) is -0.766. The number of aldehydes is 1. The summed E-state index contributed by atoms with van der Waals surface area (Å²) >= 11 is 1.74. The van der Waals surface area contributed by atoms with Gasteiger partial charge in [0.1, 0.15) is 5.75 Å². The molecule has 0 amide bonds. The molecule has 0 bridgehead atoms. The van der Waals surface area contributed by atoms with Crippen LogP contribution in [-0.4, -0.2) is 28.4 Å². The summed E-state index contributed by atoms with van der Waals surface area (Å²) in [7, 11) is 0. The third kappa shape index (κ3) is 3.15. The summed E-state index contributed by atoms with van der Waals surface area (Å²) in [4.78, 5) is 31.5. The fraction of sp³-hybridized carbons (Fsp3) is 0.200. The van der Waals surface area contributed by atoms with Crippen LogP contribution in [0.25, 0.3) is 0 Å². The van der Waals surface area contributed by atoms with E-state index in [1.165, 1.54) is 13.0 Å². The molecule has 0 heterocycles. The lowest BCUT2D eigenvalue weighted by Crippen LogP contribution is -2.24. The van der Waals surface area contributed by atoms with Crippen molar-refractivity contribution >= 4 is 40.5 Å². The van der Waals surface area contributed by atoms with Gasteiger partial charge in [-0.05, 0) is 29.5 Å². The van der Waals surface area contributed by atoms with E-state index in [1.807, 2.05) is 0 Å². The molecule has 7 nitrogen and oxygen atoms in total. The number of nitro benzene ring substituents is 1. The van der Waals surface area contributed by atoms with Crippen LogP contribution in [0.4, 0.5) is 5.69 Å². The SMILES string of the molecule is CC(Oc1c(I)cc([N+](=O)[O-])cc1C=O)C(=O)O. The molecule has 1 N–H and O–H groups in total. The second-order valence-corrected chi connectivity index (χ2v) is 4.48. The molecule has 1 unspecified atom stereocenters. The average Bonchev–Trinajstić information content (AvgIpc) is 2.30. The number of ether oxygens (including phenoxy) is 1. The summed E-state index contributed by atoms with van der Waals surface area (Å²) in [5.74, 6) is -1.16. The molecule has 96 valence electrons. The Morgan fingerprint density at radius 1 is 1.61 bits per heavy atom. The van der Waals surface area contributed by atoms with Crippen molar-refractivity contribution in [2.45, 2.75) is 13.0 Å².